The quantitative estimate of drug-likeness (QED) is 0.392. The summed E-state index contributed by atoms with van der Waals surface area (Å²) in [4.78, 5) is 20.5. The first kappa shape index (κ1) is 23.8. The maximum Gasteiger partial charge on any atom is 0.338 e. The molecule has 0 spiro atoms. The molecule has 0 aliphatic rings. The lowest BCUT2D eigenvalue weighted by molar-refractivity contribution is 0.0526. The standard InChI is InChI=1S/C23H24N2O8/c1-2-29-23(28)16-3-6-19(32-21-7-4-17(14-24-21)30-11-9-26)20(13-16)33-22-8-5-18(15-25-22)31-12-10-27/h3-8,13-15,26-27H,2,9-12H2,1H3. The molecule has 0 saturated heterocycles. The van der Waals surface area contributed by atoms with E-state index in [2.05, 4.69) is 9.97 Å². The van der Waals surface area contributed by atoms with Crippen LogP contribution in [0.5, 0.6) is 34.8 Å². The molecule has 0 aliphatic heterocycles. The molecule has 1 aromatic carbocycles. The molecule has 0 bridgehead atoms. The zero-order chi connectivity index (χ0) is 23.5. The molecule has 10 heteroatoms. The minimum atomic E-state index is -0.502. The first-order valence-electron chi connectivity index (χ1n) is 10.2. The molecular formula is C23H24N2O8. The summed E-state index contributed by atoms with van der Waals surface area (Å²) in [7, 11) is 0. The zero-order valence-electron chi connectivity index (χ0n) is 18.0. The number of hydrogen-bond donors (Lipinski definition) is 2. The number of ether oxygens (including phenoxy) is 5. The number of aliphatic hydroxyl groups excluding tert-OH is 2. The highest BCUT2D eigenvalue weighted by atomic mass is 16.5. The number of hydrogen-bond acceptors (Lipinski definition) is 10. The molecule has 3 rings (SSSR count). The van der Waals surface area contributed by atoms with E-state index in [9.17, 15) is 4.79 Å². The van der Waals surface area contributed by atoms with Crippen molar-refractivity contribution in [1.29, 1.82) is 0 Å². The third kappa shape index (κ3) is 7.06. The van der Waals surface area contributed by atoms with Crippen LogP contribution in [0.4, 0.5) is 0 Å². The highest BCUT2D eigenvalue weighted by Crippen LogP contribution is 2.35. The van der Waals surface area contributed by atoms with Gasteiger partial charge in [0.2, 0.25) is 11.8 Å². The van der Waals surface area contributed by atoms with Crippen molar-refractivity contribution in [3.8, 4) is 34.8 Å². The van der Waals surface area contributed by atoms with Crippen LogP contribution < -0.4 is 18.9 Å². The van der Waals surface area contributed by atoms with Gasteiger partial charge >= 0.3 is 5.97 Å². The van der Waals surface area contributed by atoms with Crippen molar-refractivity contribution in [3.05, 3.63) is 60.4 Å². The van der Waals surface area contributed by atoms with Gasteiger partial charge in [0, 0.05) is 12.1 Å². The molecule has 2 aromatic heterocycles. The lowest BCUT2D eigenvalue weighted by Gasteiger charge is -2.13. The third-order valence-corrected chi connectivity index (χ3v) is 4.02. The lowest BCUT2D eigenvalue weighted by atomic mass is 10.2. The number of aliphatic hydroxyl groups is 2. The van der Waals surface area contributed by atoms with Gasteiger partial charge in [-0.05, 0) is 37.3 Å². The summed E-state index contributed by atoms with van der Waals surface area (Å²) >= 11 is 0. The van der Waals surface area contributed by atoms with Gasteiger partial charge in [-0.25, -0.2) is 14.8 Å². The average Bonchev–Trinajstić information content (AvgIpc) is 2.84. The van der Waals surface area contributed by atoms with Crippen molar-refractivity contribution in [2.75, 3.05) is 33.0 Å². The summed E-state index contributed by atoms with van der Waals surface area (Å²) in [5.41, 5.74) is 0.280. The van der Waals surface area contributed by atoms with Crippen LogP contribution in [0.2, 0.25) is 0 Å². The lowest BCUT2D eigenvalue weighted by Crippen LogP contribution is -2.05. The summed E-state index contributed by atoms with van der Waals surface area (Å²) in [5.74, 6) is 1.47. The van der Waals surface area contributed by atoms with Gasteiger partial charge in [-0.3, -0.25) is 0 Å². The Morgan fingerprint density at radius 1 is 0.818 bits per heavy atom. The average molecular weight is 456 g/mol. The fourth-order valence-corrected chi connectivity index (χ4v) is 2.59. The zero-order valence-corrected chi connectivity index (χ0v) is 18.0. The topological polar surface area (TPSA) is 129 Å². The van der Waals surface area contributed by atoms with Crippen molar-refractivity contribution >= 4 is 5.97 Å². The van der Waals surface area contributed by atoms with Crippen molar-refractivity contribution in [2.45, 2.75) is 6.92 Å². The third-order valence-electron chi connectivity index (χ3n) is 4.02. The van der Waals surface area contributed by atoms with Crippen LogP contribution in [0.15, 0.2) is 54.9 Å². The van der Waals surface area contributed by atoms with E-state index in [0.717, 1.165) is 0 Å². The van der Waals surface area contributed by atoms with Gasteiger partial charge in [0.25, 0.3) is 0 Å². The number of carbonyl (C=O) groups excluding carboxylic acids is 1. The first-order valence-corrected chi connectivity index (χ1v) is 10.2. The van der Waals surface area contributed by atoms with Gasteiger partial charge in [0.1, 0.15) is 24.7 Å². The highest BCUT2D eigenvalue weighted by molar-refractivity contribution is 5.90. The fourth-order valence-electron chi connectivity index (χ4n) is 2.59. The Hall–Kier alpha value is -3.89. The number of esters is 1. The number of benzene rings is 1. The van der Waals surface area contributed by atoms with Crippen LogP contribution in [-0.4, -0.2) is 59.2 Å². The predicted molar refractivity (Wildman–Crippen MR) is 116 cm³/mol. The number of nitrogens with zero attached hydrogens (tertiary/aromatic N) is 2. The van der Waals surface area contributed by atoms with Crippen LogP contribution in [0, 0.1) is 0 Å². The monoisotopic (exact) mass is 456 g/mol. The van der Waals surface area contributed by atoms with Crippen LogP contribution in [0.1, 0.15) is 17.3 Å². The minimum absolute atomic E-state index is 0.103. The first-order chi connectivity index (χ1) is 16.1. The minimum Gasteiger partial charge on any atom is -0.490 e. The van der Waals surface area contributed by atoms with Crippen molar-refractivity contribution < 1.29 is 38.7 Å². The Kier molecular flexibility index (Phi) is 8.80. The van der Waals surface area contributed by atoms with E-state index in [0.29, 0.717) is 17.2 Å². The summed E-state index contributed by atoms with van der Waals surface area (Å²) in [6.07, 6.45) is 2.92. The molecule has 0 saturated carbocycles. The maximum atomic E-state index is 12.2. The Labute approximate surface area is 190 Å². The Balaban J connectivity index is 1.82. The summed E-state index contributed by atoms with van der Waals surface area (Å²) < 4.78 is 27.3. The summed E-state index contributed by atoms with van der Waals surface area (Å²) in [5, 5.41) is 17.7. The van der Waals surface area contributed by atoms with E-state index in [1.54, 1.807) is 43.3 Å². The molecule has 33 heavy (non-hydrogen) atoms. The van der Waals surface area contributed by atoms with E-state index in [4.69, 9.17) is 33.9 Å². The van der Waals surface area contributed by atoms with Crippen molar-refractivity contribution in [3.63, 3.8) is 0 Å². The summed E-state index contributed by atoms with van der Waals surface area (Å²) in [6, 6.07) is 11.1. The van der Waals surface area contributed by atoms with E-state index in [1.807, 2.05) is 0 Å². The van der Waals surface area contributed by atoms with Gasteiger partial charge in [-0.2, -0.15) is 0 Å². The fraction of sp³-hybridized carbons (Fsp3) is 0.261. The van der Waals surface area contributed by atoms with Gasteiger partial charge in [-0.1, -0.05) is 0 Å². The van der Waals surface area contributed by atoms with Crippen LogP contribution >= 0.6 is 0 Å². The largest absolute Gasteiger partial charge is 0.490 e. The molecule has 0 atom stereocenters. The molecule has 2 N–H and O–H groups in total. The second-order valence-electron chi connectivity index (χ2n) is 6.39. The van der Waals surface area contributed by atoms with Gasteiger partial charge < -0.3 is 33.9 Å². The predicted octanol–water partition coefficient (Wildman–Crippen LogP) is 2.98. The Morgan fingerprint density at radius 2 is 1.39 bits per heavy atom. The second kappa shape index (κ2) is 12.2. The smallest absolute Gasteiger partial charge is 0.338 e. The number of aromatic nitrogens is 2. The molecule has 0 radical (unpaired) electrons. The molecule has 2 heterocycles. The van der Waals surface area contributed by atoms with E-state index in [1.165, 1.54) is 18.5 Å². The molecule has 0 unspecified atom stereocenters. The SMILES string of the molecule is CCOC(=O)c1ccc(Oc2ccc(OCCO)cn2)c(Oc2ccc(OCCO)cn2)c1. The Bertz CT molecular complexity index is 1030. The molecule has 3 aromatic rings. The van der Waals surface area contributed by atoms with Gasteiger partial charge in [-0.15, -0.1) is 0 Å². The number of carbonyl (C=O) groups is 1. The maximum absolute atomic E-state index is 12.2. The molecule has 174 valence electrons. The normalized spacial score (nSPS) is 10.4. The van der Waals surface area contributed by atoms with Crippen molar-refractivity contribution in [2.24, 2.45) is 0 Å². The second-order valence-corrected chi connectivity index (χ2v) is 6.39. The van der Waals surface area contributed by atoms with Crippen LogP contribution in [-0.2, 0) is 4.74 Å². The van der Waals surface area contributed by atoms with E-state index < -0.39 is 5.97 Å². The molecule has 10 nitrogen and oxygen atoms in total. The Morgan fingerprint density at radius 3 is 1.88 bits per heavy atom. The van der Waals surface area contributed by atoms with Crippen molar-refractivity contribution in [1.82, 2.24) is 9.97 Å². The van der Waals surface area contributed by atoms with E-state index in [-0.39, 0.29) is 56.1 Å². The highest BCUT2D eigenvalue weighted by Gasteiger charge is 2.15. The molecule has 0 aliphatic carbocycles. The summed E-state index contributed by atoms with van der Waals surface area (Å²) in [6.45, 7) is 2.05. The number of pyridine rings is 2. The number of rotatable bonds is 12. The van der Waals surface area contributed by atoms with Crippen LogP contribution in [0.25, 0.3) is 0 Å². The van der Waals surface area contributed by atoms with E-state index >= 15 is 0 Å². The molecular weight excluding hydrogens is 432 g/mol. The van der Waals surface area contributed by atoms with Gasteiger partial charge in [0.15, 0.2) is 11.5 Å². The van der Waals surface area contributed by atoms with Crippen LogP contribution in [0.3, 0.4) is 0 Å². The molecule has 0 fully saturated rings. The molecule has 0 amide bonds. The van der Waals surface area contributed by atoms with Gasteiger partial charge in [0.05, 0.1) is 37.8 Å².